The fraction of sp³-hybridized carbons (Fsp3) is 0.323. The number of allylic oxidation sites excluding steroid dienone is 4. The summed E-state index contributed by atoms with van der Waals surface area (Å²) in [5.41, 5.74) is 10.9. The molecule has 0 radical (unpaired) electrons. The fourth-order valence-corrected chi connectivity index (χ4v) is 6.43. The van der Waals surface area contributed by atoms with Gasteiger partial charge in [0.2, 0.25) is 0 Å². The molecule has 33 heavy (non-hydrogen) atoms. The van der Waals surface area contributed by atoms with Gasteiger partial charge in [-0.25, -0.2) is 0 Å². The summed E-state index contributed by atoms with van der Waals surface area (Å²) in [6, 6.07) is 22.6. The average molecular weight is 450 g/mol. The summed E-state index contributed by atoms with van der Waals surface area (Å²) in [5, 5.41) is 2.85. The third kappa shape index (κ3) is 4.10. The van der Waals surface area contributed by atoms with Crippen LogP contribution in [0.2, 0.25) is 0 Å². The third-order valence-corrected chi connectivity index (χ3v) is 8.53. The number of rotatable bonds is 2. The van der Waals surface area contributed by atoms with Crippen LogP contribution in [0.4, 0.5) is 0 Å². The quantitative estimate of drug-likeness (QED) is 0.383. The highest BCUT2D eigenvalue weighted by atomic mass is 32.2. The second-order valence-corrected chi connectivity index (χ2v) is 10.6. The Labute approximate surface area is 201 Å². The van der Waals surface area contributed by atoms with Gasteiger partial charge in [-0.05, 0) is 88.6 Å². The van der Waals surface area contributed by atoms with Crippen molar-refractivity contribution in [3.63, 3.8) is 0 Å². The summed E-state index contributed by atoms with van der Waals surface area (Å²) in [7, 11) is 0. The van der Waals surface area contributed by atoms with E-state index in [1.807, 2.05) is 5.55 Å². The SMILES string of the molecule is C1=CC2=C(CC1)C(C1CCC1)Cc1c2ccc2cc(-c3ccccc3)ccc12.C1=NCCS1. The first kappa shape index (κ1) is 21.0. The van der Waals surface area contributed by atoms with Gasteiger partial charge in [-0.15, -0.1) is 11.8 Å². The van der Waals surface area contributed by atoms with Gasteiger partial charge in [-0.3, -0.25) is 4.99 Å². The highest BCUT2D eigenvalue weighted by Crippen LogP contribution is 2.49. The van der Waals surface area contributed by atoms with Crippen molar-refractivity contribution in [2.24, 2.45) is 16.8 Å². The molecule has 1 nitrogen and oxygen atoms in total. The molecule has 166 valence electrons. The van der Waals surface area contributed by atoms with E-state index in [0.29, 0.717) is 0 Å². The van der Waals surface area contributed by atoms with Crippen LogP contribution in [0.1, 0.15) is 43.2 Å². The van der Waals surface area contributed by atoms with Crippen molar-refractivity contribution in [1.82, 2.24) is 0 Å². The molecule has 3 aliphatic carbocycles. The first-order chi connectivity index (χ1) is 16.4. The molecule has 2 heteroatoms. The van der Waals surface area contributed by atoms with Crippen LogP contribution in [-0.2, 0) is 6.42 Å². The number of fused-ring (bicyclic) bond motifs is 4. The predicted octanol–water partition coefficient (Wildman–Crippen LogP) is 8.34. The standard InChI is InChI=1S/C28H26.C3H5NS/c1-2-7-19(8-3-1)21-13-15-23-22(17-21)14-16-26-24-11-4-5-12-25(24)27(18-28(23)26)20-9-6-10-20;1-2-5-3-4-1/h1-4,7-8,11,13-17,20,27H,5-6,9-10,12,18H2;3H,1-2H2. The van der Waals surface area contributed by atoms with E-state index < -0.39 is 0 Å². The molecule has 1 heterocycles. The van der Waals surface area contributed by atoms with Gasteiger partial charge in [0.1, 0.15) is 0 Å². The highest BCUT2D eigenvalue weighted by Gasteiger charge is 2.35. The van der Waals surface area contributed by atoms with Crippen molar-refractivity contribution >= 4 is 33.7 Å². The van der Waals surface area contributed by atoms with Crippen LogP contribution in [0, 0.1) is 11.8 Å². The van der Waals surface area contributed by atoms with Crippen LogP contribution < -0.4 is 0 Å². The van der Waals surface area contributed by atoms with Crippen molar-refractivity contribution < 1.29 is 0 Å². The second-order valence-electron chi connectivity index (χ2n) is 9.66. The van der Waals surface area contributed by atoms with Gasteiger partial charge >= 0.3 is 0 Å². The molecule has 1 aliphatic heterocycles. The number of benzene rings is 3. The summed E-state index contributed by atoms with van der Waals surface area (Å²) in [5.74, 6) is 2.89. The third-order valence-electron chi connectivity index (χ3n) is 7.82. The molecular weight excluding hydrogens is 418 g/mol. The molecule has 3 aromatic rings. The maximum atomic E-state index is 3.92. The fourth-order valence-electron chi connectivity index (χ4n) is 5.91. The summed E-state index contributed by atoms with van der Waals surface area (Å²) in [6.07, 6.45) is 12.9. The van der Waals surface area contributed by atoms with Crippen LogP contribution >= 0.6 is 11.8 Å². The number of hydrogen-bond acceptors (Lipinski definition) is 2. The summed E-state index contributed by atoms with van der Waals surface area (Å²) >= 11 is 1.78. The largest absolute Gasteiger partial charge is 0.285 e. The molecule has 0 amide bonds. The van der Waals surface area contributed by atoms with Crippen molar-refractivity contribution in [3.05, 3.63) is 89.5 Å². The molecule has 0 bridgehead atoms. The maximum Gasteiger partial charge on any atom is 0.0542 e. The minimum absolute atomic E-state index is 0.778. The van der Waals surface area contributed by atoms with Crippen molar-refractivity contribution in [1.29, 1.82) is 0 Å². The Balaban J connectivity index is 0.000000368. The lowest BCUT2D eigenvalue weighted by Crippen LogP contribution is -2.29. The van der Waals surface area contributed by atoms with Crippen LogP contribution in [-0.4, -0.2) is 17.8 Å². The number of nitrogens with zero attached hydrogens (tertiary/aromatic N) is 1. The van der Waals surface area contributed by atoms with E-state index in [1.165, 1.54) is 71.7 Å². The number of thioether (sulfide) groups is 1. The van der Waals surface area contributed by atoms with Crippen molar-refractivity contribution in [3.8, 4) is 11.1 Å². The Bertz CT molecular complexity index is 1240. The van der Waals surface area contributed by atoms with Gasteiger partial charge < -0.3 is 0 Å². The lowest BCUT2D eigenvalue weighted by Gasteiger charge is -2.40. The van der Waals surface area contributed by atoms with Crippen molar-refractivity contribution in [2.45, 2.75) is 38.5 Å². The highest BCUT2D eigenvalue weighted by molar-refractivity contribution is 8.12. The van der Waals surface area contributed by atoms with E-state index in [4.69, 9.17) is 0 Å². The van der Waals surface area contributed by atoms with Gasteiger partial charge in [0, 0.05) is 12.3 Å². The van der Waals surface area contributed by atoms with Crippen LogP contribution in [0.5, 0.6) is 0 Å². The maximum absolute atomic E-state index is 3.92. The Morgan fingerprint density at radius 2 is 1.82 bits per heavy atom. The summed E-state index contributed by atoms with van der Waals surface area (Å²) < 4.78 is 0. The minimum atomic E-state index is 0.778. The average Bonchev–Trinajstić information content (AvgIpc) is 3.44. The van der Waals surface area contributed by atoms with Crippen LogP contribution in [0.15, 0.2) is 83.4 Å². The Morgan fingerprint density at radius 1 is 0.909 bits per heavy atom. The Hall–Kier alpha value is -2.58. The molecule has 0 saturated heterocycles. The van der Waals surface area contributed by atoms with Gasteiger partial charge in [0.15, 0.2) is 0 Å². The van der Waals surface area contributed by atoms with Gasteiger partial charge in [-0.1, -0.05) is 78.7 Å². The summed E-state index contributed by atoms with van der Waals surface area (Å²) in [6.45, 7) is 1.03. The van der Waals surface area contributed by atoms with E-state index in [9.17, 15) is 0 Å². The van der Waals surface area contributed by atoms with E-state index >= 15 is 0 Å². The second kappa shape index (κ2) is 9.35. The molecule has 3 aromatic carbocycles. The van der Waals surface area contributed by atoms with E-state index in [0.717, 1.165) is 18.4 Å². The molecule has 1 saturated carbocycles. The molecular formula is C31H31NS. The topological polar surface area (TPSA) is 12.4 Å². The zero-order valence-electron chi connectivity index (χ0n) is 19.2. The van der Waals surface area contributed by atoms with Gasteiger partial charge in [0.25, 0.3) is 0 Å². The smallest absolute Gasteiger partial charge is 0.0542 e. The van der Waals surface area contributed by atoms with Crippen LogP contribution in [0.3, 0.4) is 0 Å². The number of aliphatic imine (C=N–C) groups is 1. The van der Waals surface area contributed by atoms with Crippen molar-refractivity contribution in [2.75, 3.05) is 12.3 Å². The van der Waals surface area contributed by atoms with Gasteiger partial charge in [0.05, 0.1) is 5.55 Å². The molecule has 0 aromatic heterocycles. The predicted molar refractivity (Wildman–Crippen MR) is 145 cm³/mol. The van der Waals surface area contributed by atoms with E-state index in [1.54, 1.807) is 28.5 Å². The monoisotopic (exact) mass is 449 g/mol. The summed E-state index contributed by atoms with van der Waals surface area (Å²) in [4.78, 5) is 3.92. The lowest BCUT2D eigenvalue weighted by atomic mass is 9.64. The first-order valence-electron chi connectivity index (χ1n) is 12.5. The molecule has 1 fully saturated rings. The van der Waals surface area contributed by atoms with E-state index in [-0.39, 0.29) is 0 Å². The molecule has 0 N–H and O–H groups in total. The minimum Gasteiger partial charge on any atom is -0.285 e. The number of hydrogen-bond donors (Lipinski definition) is 0. The molecule has 7 rings (SSSR count). The Kier molecular flexibility index (Phi) is 5.94. The molecule has 0 spiro atoms. The van der Waals surface area contributed by atoms with Gasteiger partial charge in [-0.2, -0.15) is 0 Å². The molecule has 1 atom stereocenters. The lowest BCUT2D eigenvalue weighted by molar-refractivity contribution is 0.227. The zero-order chi connectivity index (χ0) is 22.0. The molecule has 1 unspecified atom stereocenters. The van der Waals surface area contributed by atoms with E-state index in [2.05, 4.69) is 77.8 Å². The Morgan fingerprint density at radius 3 is 2.55 bits per heavy atom. The first-order valence-corrected chi connectivity index (χ1v) is 13.5. The van der Waals surface area contributed by atoms with Crippen LogP contribution in [0.25, 0.3) is 27.5 Å². The zero-order valence-corrected chi connectivity index (χ0v) is 20.0. The molecule has 4 aliphatic rings. The normalized spacial score (nSPS) is 21.3.